The Morgan fingerprint density at radius 1 is 1.11 bits per heavy atom. The zero-order valence-electron chi connectivity index (χ0n) is 19.5. The molecule has 2 N–H and O–H groups in total. The number of amides is 3. The molecule has 0 spiro atoms. The molecule has 0 aromatic heterocycles. The highest BCUT2D eigenvalue weighted by molar-refractivity contribution is 6.04. The quantitative estimate of drug-likeness (QED) is 0.651. The van der Waals surface area contributed by atoms with E-state index in [1.165, 1.54) is 29.0 Å². The smallest absolute Gasteiger partial charge is 0.416 e. The number of carboxylic acids is 1. The second kappa shape index (κ2) is 9.38. The van der Waals surface area contributed by atoms with Crippen LogP contribution in [0.5, 0.6) is 0 Å². The summed E-state index contributed by atoms with van der Waals surface area (Å²) in [5.41, 5.74) is -0.449. The van der Waals surface area contributed by atoms with E-state index in [4.69, 9.17) is 0 Å². The molecule has 3 atom stereocenters. The molecule has 0 bridgehead atoms. The summed E-state index contributed by atoms with van der Waals surface area (Å²) in [6.45, 7) is -0.195. The molecular formula is C23H28F3N5O4. The van der Waals surface area contributed by atoms with Gasteiger partial charge >= 0.3 is 18.2 Å². The number of imide groups is 1. The van der Waals surface area contributed by atoms with Crippen molar-refractivity contribution >= 4 is 23.9 Å². The fourth-order valence-electron chi connectivity index (χ4n) is 5.02. The van der Waals surface area contributed by atoms with E-state index in [0.29, 0.717) is 5.56 Å². The third-order valence-corrected chi connectivity index (χ3v) is 7.03. The van der Waals surface area contributed by atoms with Crippen molar-refractivity contribution in [2.75, 3.05) is 14.1 Å². The molecule has 3 amide bonds. The van der Waals surface area contributed by atoms with Crippen molar-refractivity contribution < 1.29 is 32.7 Å². The first-order chi connectivity index (χ1) is 16.5. The van der Waals surface area contributed by atoms with Gasteiger partial charge in [-0.15, -0.1) is 0 Å². The van der Waals surface area contributed by atoms with E-state index in [1.54, 1.807) is 7.05 Å². The summed E-state index contributed by atoms with van der Waals surface area (Å²) in [6.07, 6.45) is -0.771. The van der Waals surface area contributed by atoms with Crippen molar-refractivity contribution in [3.05, 3.63) is 35.4 Å². The van der Waals surface area contributed by atoms with Crippen LogP contribution >= 0.6 is 0 Å². The Kier molecular flexibility index (Phi) is 6.65. The molecule has 2 heterocycles. The standard InChI is InChI=1S/C23H28F3N5O4/c1-29-17-18(28-21(29)27-16(20(33)34)14-6-4-3-5-7-14)30(2)22(35)31(19(17)32)12-13-8-10-15(11-9-13)23(24,25)26/h8-11,14,16-18H,3-7,12H2,1-2H3,(H,27,28)(H,33,34). The maximum atomic E-state index is 13.3. The van der Waals surface area contributed by atoms with Crippen molar-refractivity contribution in [2.45, 2.75) is 63.1 Å². The van der Waals surface area contributed by atoms with E-state index in [1.807, 2.05) is 0 Å². The number of fused-ring (bicyclic) bond motifs is 1. The molecule has 1 aliphatic carbocycles. The van der Waals surface area contributed by atoms with Gasteiger partial charge in [0.25, 0.3) is 5.91 Å². The zero-order chi connectivity index (χ0) is 25.5. The van der Waals surface area contributed by atoms with E-state index in [-0.39, 0.29) is 18.4 Å². The van der Waals surface area contributed by atoms with Gasteiger partial charge in [0, 0.05) is 14.1 Å². The normalized spacial score (nSPS) is 24.4. The summed E-state index contributed by atoms with van der Waals surface area (Å²) >= 11 is 0. The summed E-state index contributed by atoms with van der Waals surface area (Å²) in [6, 6.07) is 1.91. The molecule has 190 valence electrons. The predicted octanol–water partition coefficient (Wildman–Crippen LogP) is 2.72. The number of aliphatic imine (C=N–C) groups is 1. The summed E-state index contributed by atoms with van der Waals surface area (Å²) in [4.78, 5) is 46.5. The molecule has 12 heteroatoms. The molecule has 4 rings (SSSR count). The van der Waals surface area contributed by atoms with Crippen LogP contribution in [0.15, 0.2) is 29.3 Å². The molecule has 2 fully saturated rings. The van der Waals surface area contributed by atoms with Gasteiger partial charge in [-0.05, 0) is 36.5 Å². The molecule has 1 aromatic carbocycles. The number of hydrogen-bond acceptors (Lipinski definition) is 6. The first-order valence-electron chi connectivity index (χ1n) is 11.5. The lowest BCUT2D eigenvalue weighted by Crippen LogP contribution is -2.64. The van der Waals surface area contributed by atoms with E-state index >= 15 is 0 Å². The largest absolute Gasteiger partial charge is 0.480 e. The van der Waals surface area contributed by atoms with Gasteiger partial charge in [0.05, 0.1) is 12.1 Å². The van der Waals surface area contributed by atoms with Gasteiger partial charge < -0.3 is 20.2 Å². The number of carbonyl (C=O) groups excluding carboxylic acids is 2. The molecule has 9 nitrogen and oxygen atoms in total. The van der Waals surface area contributed by atoms with Gasteiger partial charge in [0.15, 0.2) is 18.2 Å². The molecule has 3 unspecified atom stereocenters. The Labute approximate surface area is 200 Å². The summed E-state index contributed by atoms with van der Waals surface area (Å²) < 4.78 is 38.6. The van der Waals surface area contributed by atoms with Crippen LogP contribution in [-0.2, 0) is 22.3 Å². The molecule has 1 saturated carbocycles. The monoisotopic (exact) mass is 495 g/mol. The van der Waals surface area contributed by atoms with Gasteiger partial charge in [-0.1, -0.05) is 31.4 Å². The van der Waals surface area contributed by atoms with Crippen molar-refractivity contribution in [1.29, 1.82) is 0 Å². The SMILES string of the molecule is CN1C(=O)N(Cc2ccc(C(F)(F)F)cc2)C(=O)C2C1N=C(NC(C(=O)O)C1CCCCC1)N2C. The van der Waals surface area contributed by atoms with Gasteiger partial charge in [-0.3, -0.25) is 9.69 Å². The van der Waals surface area contributed by atoms with E-state index in [9.17, 15) is 32.7 Å². The molecule has 35 heavy (non-hydrogen) atoms. The lowest BCUT2D eigenvalue weighted by atomic mass is 9.84. The van der Waals surface area contributed by atoms with Crippen LogP contribution in [0, 0.1) is 5.92 Å². The first-order valence-corrected chi connectivity index (χ1v) is 11.5. The number of nitrogens with one attached hydrogen (secondary N) is 1. The van der Waals surface area contributed by atoms with Crippen LogP contribution in [0.1, 0.15) is 43.2 Å². The third kappa shape index (κ3) is 4.78. The lowest BCUT2D eigenvalue weighted by Gasteiger charge is -2.40. The van der Waals surface area contributed by atoms with Crippen molar-refractivity contribution in [1.82, 2.24) is 20.0 Å². The van der Waals surface area contributed by atoms with Crippen molar-refractivity contribution in [3.8, 4) is 0 Å². The number of halogens is 3. The number of hydrogen-bond donors (Lipinski definition) is 2. The fraction of sp³-hybridized carbons (Fsp3) is 0.565. The average molecular weight is 496 g/mol. The topological polar surface area (TPSA) is 106 Å². The molecule has 1 aromatic rings. The highest BCUT2D eigenvalue weighted by Gasteiger charge is 2.51. The molecular weight excluding hydrogens is 467 g/mol. The van der Waals surface area contributed by atoms with Gasteiger partial charge in [0.1, 0.15) is 6.04 Å². The zero-order valence-corrected chi connectivity index (χ0v) is 19.5. The van der Waals surface area contributed by atoms with Gasteiger partial charge in [0.2, 0.25) is 0 Å². The Balaban J connectivity index is 1.51. The predicted molar refractivity (Wildman–Crippen MR) is 119 cm³/mol. The third-order valence-electron chi connectivity index (χ3n) is 7.03. The number of alkyl halides is 3. The summed E-state index contributed by atoms with van der Waals surface area (Å²) in [7, 11) is 3.09. The van der Waals surface area contributed by atoms with Crippen LogP contribution in [0.25, 0.3) is 0 Å². The Bertz CT molecular complexity index is 1020. The molecule has 3 aliphatic rings. The Hall–Kier alpha value is -3.31. The van der Waals surface area contributed by atoms with Crippen molar-refractivity contribution in [3.63, 3.8) is 0 Å². The number of carboxylic acid groups (broad SMARTS) is 1. The lowest BCUT2D eigenvalue weighted by molar-refractivity contribution is -0.141. The number of aliphatic carboxylic acids is 1. The molecule has 0 radical (unpaired) electrons. The van der Waals surface area contributed by atoms with Crippen LogP contribution < -0.4 is 5.32 Å². The minimum atomic E-state index is -4.48. The second-order valence-electron chi connectivity index (χ2n) is 9.29. The van der Waals surface area contributed by atoms with E-state index < -0.39 is 47.9 Å². The number of nitrogens with zero attached hydrogens (tertiary/aromatic N) is 4. The highest BCUT2D eigenvalue weighted by Crippen LogP contribution is 2.31. The summed E-state index contributed by atoms with van der Waals surface area (Å²) in [5.74, 6) is -1.39. The Morgan fingerprint density at radius 2 is 1.74 bits per heavy atom. The van der Waals surface area contributed by atoms with Crippen molar-refractivity contribution in [2.24, 2.45) is 10.9 Å². The molecule has 1 saturated heterocycles. The maximum Gasteiger partial charge on any atom is 0.416 e. The number of benzene rings is 1. The van der Waals surface area contributed by atoms with E-state index in [0.717, 1.165) is 49.1 Å². The van der Waals surface area contributed by atoms with Crippen LogP contribution in [0.4, 0.5) is 18.0 Å². The molecule has 2 aliphatic heterocycles. The number of likely N-dealkylation sites (N-methyl/N-ethyl adjacent to an activating group) is 2. The van der Waals surface area contributed by atoms with Crippen LogP contribution in [0.3, 0.4) is 0 Å². The second-order valence-corrected chi connectivity index (χ2v) is 9.29. The van der Waals surface area contributed by atoms with Gasteiger partial charge in [-0.25, -0.2) is 14.6 Å². The Morgan fingerprint density at radius 3 is 2.31 bits per heavy atom. The van der Waals surface area contributed by atoms with Crippen LogP contribution in [0.2, 0.25) is 0 Å². The number of guanidine groups is 1. The maximum absolute atomic E-state index is 13.3. The minimum Gasteiger partial charge on any atom is -0.480 e. The van der Waals surface area contributed by atoms with E-state index in [2.05, 4.69) is 10.3 Å². The average Bonchev–Trinajstić information content (AvgIpc) is 3.15. The minimum absolute atomic E-state index is 0.0637. The number of carbonyl (C=O) groups is 3. The highest BCUT2D eigenvalue weighted by atomic mass is 19.4. The number of urea groups is 1. The first kappa shape index (κ1) is 24.8. The van der Waals surface area contributed by atoms with Gasteiger partial charge in [-0.2, -0.15) is 13.2 Å². The summed E-state index contributed by atoms with van der Waals surface area (Å²) in [5, 5.41) is 12.8. The fourth-order valence-corrected chi connectivity index (χ4v) is 5.02. The number of rotatable bonds is 5. The van der Waals surface area contributed by atoms with Crippen LogP contribution in [-0.4, -0.2) is 76.0 Å².